The van der Waals surface area contributed by atoms with Gasteiger partial charge in [-0.1, -0.05) is 31.5 Å². The van der Waals surface area contributed by atoms with Gasteiger partial charge in [0.25, 0.3) is 0 Å². The lowest BCUT2D eigenvalue weighted by Crippen LogP contribution is -2.10. The lowest BCUT2D eigenvalue weighted by molar-refractivity contribution is 0.687. The number of aromatic nitrogens is 2. The standard InChI is InChI=1S/C17H24N4/c1-11(2)10-19-15-6-7-18-17(20-15)21-16-13(4)8-12(3)9-14(16)5/h6-9,11H,10H2,1-5H3,(H2,18,19,20,21). The SMILES string of the molecule is Cc1cc(C)c(Nc2nccc(NCC(C)C)n2)c(C)c1. The lowest BCUT2D eigenvalue weighted by atomic mass is 10.1. The van der Waals surface area contributed by atoms with E-state index in [4.69, 9.17) is 0 Å². The zero-order chi connectivity index (χ0) is 15.4. The van der Waals surface area contributed by atoms with Gasteiger partial charge in [0.15, 0.2) is 0 Å². The van der Waals surface area contributed by atoms with Crippen LogP contribution in [0.5, 0.6) is 0 Å². The first-order valence-electron chi connectivity index (χ1n) is 7.37. The van der Waals surface area contributed by atoms with E-state index >= 15 is 0 Å². The number of hydrogen-bond acceptors (Lipinski definition) is 4. The number of anilines is 3. The number of nitrogens with one attached hydrogen (secondary N) is 2. The molecule has 0 atom stereocenters. The molecule has 0 spiro atoms. The molecule has 21 heavy (non-hydrogen) atoms. The van der Waals surface area contributed by atoms with E-state index < -0.39 is 0 Å². The molecule has 2 rings (SSSR count). The Balaban J connectivity index is 2.18. The molecule has 1 heterocycles. The molecule has 112 valence electrons. The molecule has 4 nitrogen and oxygen atoms in total. The van der Waals surface area contributed by atoms with Crippen LogP contribution in [0.2, 0.25) is 0 Å². The van der Waals surface area contributed by atoms with Crippen LogP contribution in [0.15, 0.2) is 24.4 Å². The summed E-state index contributed by atoms with van der Waals surface area (Å²) in [7, 11) is 0. The van der Waals surface area contributed by atoms with Crippen LogP contribution in [0, 0.1) is 26.7 Å². The van der Waals surface area contributed by atoms with Crippen molar-refractivity contribution in [1.29, 1.82) is 0 Å². The number of rotatable bonds is 5. The van der Waals surface area contributed by atoms with E-state index in [1.807, 2.05) is 6.07 Å². The molecule has 0 aliphatic rings. The average molecular weight is 284 g/mol. The van der Waals surface area contributed by atoms with Gasteiger partial charge in [0.05, 0.1) is 0 Å². The largest absolute Gasteiger partial charge is 0.370 e. The number of benzene rings is 1. The van der Waals surface area contributed by atoms with E-state index in [1.165, 1.54) is 16.7 Å². The number of aryl methyl sites for hydroxylation is 3. The molecule has 0 aliphatic carbocycles. The maximum absolute atomic E-state index is 4.51. The Bertz CT molecular complexity index is 597. The second kappa shape index (κ2) is 6.57. The Morgan fingerprint density at radius 1 is 1.10 bits per heavy atom. The van der Waals surface area contributed by atoms with Crippen molar-refractivity contribution in [3.05, 3.63) is 41.1 Å². The van der Waals surface area contributed by atoms with Gasteiger partial charge in [-0.05, 0) is 43.9 Å². The second-order valence-corrected chi connectivity index (χ2v) is 5.94. The predicted molar refractivity (Wildman–Crippen MR) is 89.3 cm³/mol. The maximum Gasteiger partial charge on any atom is 0.229 e. The summed E-state index contributed by atoms with van der Waals surface area (Å²) in [4.78, 5) is 8.82. The van der Waals surface area contributed by atoms with Crippen LogP contribution in [0.1, 0.15) is 30.5 Å². The van der Waals surface area contributed by atoms with Crippen molar-refractivity contribution >= 4 is 17.5 Å². The minimum absolute atomic E-state index is 0.581. The Hall–Kier alpha value is -2.10. The van der Waals surface area contributed by atoms with Crippen LogP contribution >= 0.6 is 0 Å². The Kier molecular flexibility index (Phi) is 4.78. The highest BCUT2D eigenvalue weighted by Gasteiger charge is 2.06. The van der Waals surface area contributed by atoms with Crippen LogP contribution in [-0.2, 0) is 0 Å². The zero-order valence-electron chi connectivity index (χ0n) is 13.5. The Morgan fingerprint density at radius 2 is 1.76 bits per heavy atom. The molecule has 2 N–H and O–H groups in total. The molecule has 1 aromatic heterocycles. The van der Waals surface area contributed by atoms with Crippen molar-refractivity contribution in [2.24, 2.45) is 5.92 Å². The van der Waals surface area contributed by atoms with Gasteiger partial charge in [0, 0.05) is 18.4 Å². The van der Waals surface area contributed by atoms with E-state index in [2.05, 4.69) is 67.4 Å². The normalized spacial score (nSPS) is 10.8. The zero-order valence-corrected chi connectivity index (χ0v) is 13.5. The average Bonchev–Trinajstić information content (AvgIpc) is 2.41. The van der Waals surface area contributed by atoms with Gasteiger partial charge in [-0.3, -0.25) is 0 Å². The fourth-order valence-electron chi connectivity index (χ4n) is 2.32. The van der Waals surface area contributed by atoms with Crippen LogP contribution in [0.4, 0.5) is 17.5 Å². The molecular weight excluding hydrogens is 260 g/mol. The third kappa shape index (κ3) is 4.18. The predicted octanol–water partition coefficient (Wildman–Crippen LogP) is 4.21. The summed E-state index contributed by atoms with van der Waals surface area (Å²) in [6, 6.07) is 6.22. The van der Waals surface area contributed by atoms with E-state index in [1.54, 1.807) is 6.20 Å². The summed E-state index contributed by atoms with van der Waals surface area (Å²) < 4.78 is 0. The third-order valence-electron chi connectivity index (χ3n) is 3.26. The highest BCUT2D eigenvalue weighted by Crippen LogP contribution is 2.24. The highest BCUT2D eigenvalue weighted by molar-refractivity contribution is 5.64. The van der Waals surface area contributed by atoms with Gasteiger partial charge in [0.2, 0.25) is 5.95 Å². The van der Waals surface area contributed by atoms with E-state index in [0.717, 1.165) is 18.1 Å². The summed E-state index contributed by atoms with van der Waals surface area (Å²) in [5.74, 6) is 2.06. The van der Waals surface area contributed by atoms with Crippen LogP contribution < -0.4 is 10.6 Å². The molecule has 0 bridgehead atoms. The lowest BCUT2D eigenvalue weighted by Gasteiger charge is -2.14. The fourth-order valence-corrected chi connectivity index (χ4v) is 2.32. The fraction of sp³-hybridized carbons (Fsp3) is 0.412. The Morgan fingerprint density at radius 3 is 2.38 bits per heavy atom. The molecule has 0 radical (unpaired) electrons. The van der Waals surface area contributed by atoms with Gasteiger partial charge < -0.3 is 10.6 Å². The molecule has 2 aromatic rings. The van der Waals surface area contributed by atoms with Gasteiger partial charge in [0.1, 0.15) is 5.82 Å². The number of hydrogen-bond donors (Lipinski definition) is 2. The minimum Gasteiger partial charge on any atom is -0.370 e. The first kappa shape index (κ1) is 15.3. The van der Waals surface area contributed by atoms with E-state index in [9.17, 15) is 0 Å². The third-order valence-corrected chi connectivity index (χ3v) is 3.26. The summed E-state index contributed by atoms with van der Waals surface area (Å²) in [6.45, 7) is 11.6. The topological polar surface area (TPSA) is 49.8 Å². The summed E-state index contributed by atoms with van der Waals surface area (Å²) in [5, 5.41) is 6.65. The molecule has 0 aliphatic heterocycles. The summed E-state index contributed by atoms with van der Waals surface area (Å²) in [6.07, 6.45) is 1.77. The Labute approximate surface area is 127 Å². The van der Waals surface area contributed by atoms with Gasteiger partial charge in [-0.2, -0.15) is 4.98 Å². The van der Waals surface area contributed by atoms with Crippen LogP contribution in [-0.4, -0.2) is 16.5 Å². The highest BCUT2D eigenvalue weighted by atomic mass is 15.1. The van der Waals surface area contributed by atoms with Crippen molar-refractivity contribution in [1.82, 2.24) is 9.97 Å². The van der Waals surface area contributed by atoms with Crippen molar-refractivity contribution < 1.29 is 0 Å². The summed E-state index contributed by atoms with van der Waals surface area (Å²) in [5.41, 5.74) is 4.76. The molecule has 1 aromatic carbocycles. The molecule has 0 amide bonds. The molecule has 0 saturated carbocycles. The quantitative estimate of drug-likeness (QED) is 0.863. The van der Waals surface area contributed by atoms with E-state index in [-0.39, 0.29) is 0 Å². The second-order valence-electron chi connectivity index (χ2n) is 5.94. The molecule has 0 unspecified atom stereocenters. The molecule has 0 saturated heterocycles. The van der Waals surface area contributed by atoms with Crippen molar-refractivity contribution in [2.45, 2.75) is 34.6 Å². The maximum atomic E-state index is 4.51. The molecule has 0 fully saturated rings. The first-order valence-corrected chi connectivity index (χ1v) is 7.37. The summed E-state index contributed by atoms with van der Waals surface area (Å²) >= 11 is 0. The first-order chi connectivity index (χ1) is 9.95. The number of nitrogens with zero attached hydrogens (tertiary/aromatic N) is 2. The van der Waals surface area contributed by atoms with Crippen LogP contribution in [0.3, 0.4) is 0 Å². The minimum atomic E-state index is 0.581. The van der Waals surface area contributed by atoms with Crippen molar-refractivity contribution in [2.75, 3.05) is 17.2 Å². The molecule has 4 heteroatoms. The van der Waals surface area contributed by atoms with Gasteiger partial charge in [-0.15, -0.1) is 0 Å². The van der Waals surface area contributed by atoms with Gasteiger partial charge >= 0.3 is 0 Å². The smallest absolute Gasteiger partial charge is 0.229 e. The van der Waals surface area contributed by atoms with Gasteiger partial charge in [-0.25, -0.2) is 4.98 Å². The van der Waals surface area contributed by atoms with Crippen molar-refractivity contribution in [3.8, 4) is 0 Å². The van der Waals surface area contributed by atoms with Crippen LogP contribution in [0.25, 0.3) is 0 Å². The molecular formula is C17H24N4. The monoisotopic (exact) mass is 284 g/mol. The van der Waals surface area contributed by atoms with E-state index in [0.29, 0.717) is 11.9 Å². The van der Waals surface area contributed by atoms with Crippen molar-refractivity contribution in [3.63, 3.8) is 0 Å².